The van der Waals surface area contributed by atoms with Gasteiger partial charge in [-0.2, -0.15) is 0 Å². The van der Waals surface area contributed by atoms with Gasteiger partial charge in [-0.3, -0.25) is 0 Å². The van der Waals surface area contributed by atoms with Crippen LogP contribution in [-0.2, 0) is 6.42 Å². The first-order chi connectivity index (χ1) is 16.3. The minimum Gasteiger partial charge on any atom is -1.00 e. The number of aryl methyl sites for hydroxylation is 1. The Morgan fingerprint density at radius 3 is 1.65 bits per heavy atom. The summed E-state index contributed by atoms with van der Waals surface area (Å²) in [5.74, 6) is 1.61. The van der Waals surface area contributed by atoms with Gasteiger partial charge in [-0.15, -0.1) is 0 Å². The molecular formula is C29H30IO3P. The van der Waals surface area contributed by atoms with Gasteiger partial charge < -0.3 is 38.6 Å². The lowest BCUT2D eigenvalue weighted by Gasteiger charge is -2.28. The maximum absolute atomic E-state index is 9.28. The second-order valence-corrected chi connectivity index (χ2v) is 11.5. The van der Waals surface area contributed by atoms with E-state index in [2.05, 4.69) is 97.1 Å². The second-order valence-electron chi connectivity index (χ2n) is 7.84. The lowest BCUT2D eigenvalue weighted by Crippen LogP contribution is -3.00. The van der Waals surface area contributed by atoms with Crippen molar-refractivity contribution < 1.29 is 38.6 Å². The number of aliphatic hydroxyl groups is 1. The Morgan fingerprint density at radius 1 is 0.706 bits per heavy atom. The first-order valence-electron chi connectivity index (χ1n) is 11.2. The number of methoxy groups -OCH3 is 1. The van der Waals surface area contributed by atoms with Gasteiger partial charge >= 0.3 is 0 Å². The molecule has 0 unspecified atom stereocenters. The van der Waals surface area contributed by atoms with E-state index >= 15 is 0 Å². The predicted octanol–water partition coefficient (Wildman–Crippen LogP) is 1.61. The first-order valence-corrected chi connectivity index (χ1v) is 13.2. The fourth-order valence-corrected chi connectivity index (χ4v) is 8.63. The van der Waals surface area contributed by atoms with Crippen LogP contribution in [0.2, 0.25) is 0 Å². The van der Waals surface area contributed by atoms with Gasteiger partial charge in [0.1, 0.15) is 41.3 Å². The van der Waals surface area contributed by atoms with Crippen molar-refractivity contribution in [1.82, 2.24) is 0 Å². The summed E-state index contributed by atoms with van der Waals surface area (Å²) in [7, 11) is -0.251. The molecule has 0 saturated heterocycles. The van der Waals surface area contributed by atoms with Gasteiger partial charge in [0.2, 0.25) is 0 Å². The summed E-state index contributed by atoms with van der Waals surface area (Å²) >= 11 is 0. The number of ether oxygens (including phenoxy) is 2. The van der Waals surface area contributed by atoms with Crippen LogP contribution >= 0.6 is 7.26 Å². The van der Waals surface area contributed by atoms with Crippen LogP contribution in [0.4, 0.5) is 0 Å². The highest BCUT2D eigenvalue weighted by Gasteiger charge is 2.44. The van der Waals surface area contributed by atoms with Gasteiger partial charge in [0.25, 0.3) is 0 Å². The van der Waals surface area contributed by atoms with E-state index in [-0.39, 0.29) is 37.2 Å². The van der Waals surface area contributed by atoms with Gasteiger partial charge in [-0.05, 0) is 54.6 Å². The SMILES string of the molecule is COc1ccc(OCCO)c(CC[P+](c2ccccc2)(c2ccccc2)c2ccccc2)c1.[I-]. The summed E-state index contributed by atoms with van der Waals surface area (Å²) < 4.78 is 11.4. The number of rotatable bonds is 10. The molecule has 4 aromatic carbocycles. The second kappa shape index (κ2) is 12.9. The van der Waals surface area contributed by atoms with Crippen LogP contribution in [0.5, 0.6) is 11.5 Å². The molecule has 0 radical (unpaired) electrons. The van der Waals surface area contributed by atoms with Crippen molar-refractivity contribution >= 4 is 23.2 Å². The molecule has 4 rings (SSSR count). The highest BCUT2D eigenvalue weighted by Crippen LogP contribution is 2.55. The molecule has 0 atom stereocenters. The maximum atomic E-state index is 9.28. The molecule has 0 aliphatic heterocycles. The largest absolute Gasteiger partial charge is 1.00 e. The zero-order valence-electron chi connectivity index (χ0n) is 19.3. The van der Waals surface area contributed by atoms with E-state index < -0.39 is 7.26 Å². The molecule has 0 aliphatic rings. The first kappa shape index (κ1) is 26.2. The lowest BCUT2D eigenvalue weighted by molar-refractivity contribution is -0.00000794. The number of benzene rings is 4. The van der Waals surface area contributed by atoms with Crippen LogP contribution in [0.25, 0.3) is 0 Å². The summed E-state index contributed by atoms with van der Waals surface area (Å²) in [4.78, 5) is 0. The molecule has 0 amide bonds. The quantitative estimate of drug-likeness (QED) is 0.228. The van der Waals surface area contributed by atoms with Crippen molar-refractivity contribution in [3.05, 3.63) is 115 Å². The van der Waals surface area contributed by atoms with Gasteiger partial charge in [0, 0.05) is 12.0 Å². The summed E-state index contributed by atoms with van der Waals surface area (Å²) in [6.07, 6.45) is 1.78. The molecule has 0 spiro atoms. The Morgan fingerprint density at radius 2 is 1.21 bits per heavy atom. The molecule has 4 aromatic rings. The Balaban J connectivity index is 0.00000324. The third-order valence-corrected chi connectivity index (χ3v) is 10.4. The Labute approximate surface area is 220 Å². The molecule has 0 fully saturated rings. The number of aliphatic hydroxyl groups excluding tert-OH is 1. The lowest BCUT2D eigenvalue weighted by atomic mass is 10.1. The van der Waals surface area contributed by atoms with E-state index in [1.165, 1.54) is 15.9 Å². The number of hydrogen-bond donors (Lipinski definition) is 1. The van der Waals surface area contributed by atoms with Crippen LogP contribution < -0.4 is 49.4 Å². The zero-order valence-corrected chi connectivity index (χ0v) is 22.4. The predicted molar refractivity (Wildman–Crippen MR) is 139 cm³/mol. The Kier molecular flexibility index (Phi) is 9.94. The van der Waals surface area contributed by atoms with Crippen molar-refractivity contribution in [3.63, 3.8) is 0 Å². The monoisotopic (exact) mass is 584 g/mol. The summed E-state index contributed by atoms with van der Waals surface area (Å²) in [5, 5.41) is 13.4. The highest BCUT2D eigenvalue weighted by atomic mass is 127. The van der Waals surface area contributed by atoms with Gasteiger partial charge in [0.15, 0.2) is 0 Å². The van der Waals surface area contributed by atoms with Crippen molar-refractivity contribution in [2.75, 3.05) is 26.5 Å². The summed E-state index contributed by atoms with van der Waals surface area (Å²) in [6, 6.07) is 38.6. The average molecular weight is 584 g/mol. The van der Waals surface area contributed by atoms with Crippen LogP contribution in [0.3, 0.4) is 0 Å². The molecule has 0 heterocycles. The van der Waals surface area contributed by atoms with Crippen LogP contribution in [0, 0.1) is 0 Å². The molecule has 0 aliphatic carbocycles. The van der Waals surface area contributed by atoms with E-state index in [0.29, 0.717) is 0 Å². The molecule has 0 saturated carbocycles. The van der Waals surface area contributed by atoms with Crippen molar-refractivity contribution in [2.45, 2.75) is 6.42 Å². The third-order valence-electron chi connectivity index (χ3n) is 5.92. The van der Waals surface area contributed by atoms with E-state index in [1.54, 1.807) is 7.11 Å². The summed E-state index contributed by atoms with van der Waals surface area (Å²) in [6.45, 7) is 0.260. The molecule has 3 nitrogen and oxygen atoms in total. The highest BCUT2D eigenvalue weighted by molar-refractivity contribution is 7.95. The third kappa shape index (κ3) is 5.80. The van der Waals surface area contributed by atoms with Crippen molar-refractivity contribution in [2.24, 2.45) is 0 Å². The van der Waals surface area contributed by atoms with Gasteiger partial charge in [-0.1, -0.05) is 54.6 Å². The summed E-state index contributed by atoms with van der Waals surface area (Å²) in [5.41, 5.74) is 1.09. The topological polar surface area (TPSA) is 38.7 Å². The molecule has 1 N–H and O–H groups in total. The van der Waals surface area contributed by atoms with E-state index in [1.807, 2.05) is 12.1 Å². The van der Waals surface area contributed by atoms with E-state index in [4.69, 9.17) is 9.47 Å². The fraction of sp³-hybridized carbons (Fsp3) is 0.172. The minimum atomic E-state index is -1.93. The zero-order chi connectivity index (χ0) is 22.9. The fourth-order valence-electron chi connectivity index (χ4n) is 4.34. The van der Waals surface area contributed by atoms with Crippen LogP contribution in [-0.4, -0.2) is 31.6 Å². The Bertz CT molecular complexity index is 1040. The van der Waals surface area contributed by atoms with Crippen molar-refractivity contribution in [1.29, 1.82) is 0 Å². The molecule has 0 bridgehead atoms. The average Bonchev–Trinajstić information content (AvgIpc) is 2.90. The smallest absolute Gasteiger partial charge is 0.123 e. The maximum Gasteiger partial charge on any atom is 0.123 e. The molecule has 176 valence electrons. The number of hydrogen-bond acceptors (Lipinski definition) is 3. The number of halogens is 1. The van der Waals surface area contributed by atoms with E-state index in [0.717, 1.165) is 29.6 Å². The molecule has 0 aromatic heterocycles. The van der Waals surface area contributed by atoms with Gasteiger partial charge in [0.05, 0.1) is 19.9 Å². The van der Waals surface area contributed by atoms with E-state index in [9.17, 15) is 5.11 Å². The molecule has 34 heavy (non-hydrogen) atoms. The molecule has 5 heteroatoms. The standard InChI is InChI=1S/C29H30O3P.HI/c1-31-25-17-18-29(32-21-20-30)24(23-25)19-22-33(26-11-5-2-6-12-26,27-13-7-3-8-14-27)28-15-9-4-10-16-28;/h2-18,23,30H,19-22H2,1H3;1H/q+1;/p-1. The van der Waals surface area contributed by atoms with Crippen molar-refractivity contribution in [3.8, 4) is 11.5 Å². The van der Waals surface area contributed by atoms with Crippen LogP contribution in [0.15, 0.2) is 109 Å². The van der Waals surface area contributed by atoms with Gasteiger partial charge in [-0.25, -0.2) is 0 Å². The normalized spacial score (nSPS) is 10.9. The van der Waals surface area contributed by atoms with Crippen LogP contribution in [0.1, 0.15) is 5.56 Å². The molecular weight excluding hydrogens is 554 g/mol. The Hall–Kier alpha value is -2.40. The minimum absolute atomic E-state index is 0.